The highest BCUT2D eigenvalue weighted by Gasteiger charge is 2.23. The summed E-state index contributed by atoms with van der Waals surface area (Å²) in [6.07, 6.45) is 0.291. The van der Waals surface area contributed by atoms with E-state index in [1.807, 2.05) is 0 Å². The third-order valence-electron chi connectivity index (χ3n) is 2.51. The molecule has 7 heteroatoms. The van der Waals surface area contributed by atoms with E-state index in [0.29, 0.717) is 12.0 Å². The molecule has 0 atom stereocenters. The van der Waals surface area contributed by atoms with Crippen LogP contribution in [0.3, 0.4) is 0 Å². The molecule has 0 bridgehead atoms. The second-order valence-electron chi connectivity index (χ2n) is 3.95. The van der Waals surface area contributed by atoms with Gasteiger partial charge in [-0.25, -0.2) is 17.1 Å². The van der Waals surface area contributed by atoms with Gasteiger partial charge in [0.05, 0.1) is 9.88 Å². The number of benzene rings is 1. The van der Waals surface area contributed by atoms with Gasteiger partial charge < -0.3 is 5.73 Å². The number of aryl methyl sites for hydroxylation is 1. The first kappa shape index (κ1) is 15.0. The minimum atomic E-state index is -3.71. The number of hydrogen-bond acceptors (Lipinski definition) is 3. The van der Waals surface area contributed by atoms with E-state index in [2.05, 4.69) is 0 Å². The van der Waals surface area contributed by atoms with Gasteiger partial charge in [-0.15, -0.1) is 0 Å². The summed E-state index contributed by atoms with van der Waals surface area (Å²) in [5.74, 6) is -0.582. The van der Waals surface area contributed by atoms with Crippen molar-refractivity contribution < 1.29 is 12.8 Å². The summed E-state index contributed by atoms with van der Waals surface area (Å²) >= 11 is 4.70. The van der Waals surface area contributed by atoms with Crippen LogP contribution >= 0.6 is 12.2 Å². The van der Waals surface area contributed by atoms with Gasteiger partial charge in [-0.2, -0.15) is 0 Å². The van der Waals surface area contributed by atoms with E-state index < -0.39 is 15.8 Å². The van der Waals surface area contributed by atoms with E-state index in [1.54, 1.807) is 6.92 Å². The fraction of sp³-hybridized carbons (Fsp3) is 0.364. The van der Waals surface area contributed by atoms with Crippen LogP contribution in [-0.4, -0.2) is 31.3 Å². The molecule has 0 aliphatic heterocycles. The number of rotatable bonds is 5. The number of nitrogens with two attached hydrogens (primary N) is 1. The SMILES string of the molecule is Cc1ccc(F)cc1S(=O)(=O)N(C)CCC(N)=S. The molecule has 0 saturated carbocycles. The molecule has 1 rings (SSSR count). The van der Waals surface area contributed by atoms with Crippen molar-refractivity contribution in [2.24, 2.45) is 5.73 Å². The lowest BCUT2D eigenvalue weighted by Gasteiger charge is -2.18. The number of halogens is 1. The summed E-state index contributed by atoms with van der Waals surface area (Å²) in [5, 5.41) is 0. The summed E-state index contributed by atoms with van der Waals surface area (Å²) in [6, 6.07) is 3.68. The molecule has 0 fully saturated rings. The zero-order valence-electron chi connectivity index (χ0n) is 10.2. The van der Waals surface area contributed by atoms with Crippen molar-refractivity contribution in [3.05, 3.63) is 29.6 Å². The van der Waals surface area contributed by atoms with Gasteiger partial charge in [0.1, 0.15) is 5.82 Å². The van der Waals surface area contributed by atoms with Crippen LogP contribution in [0.1, 0.15) is 12.0 Å². The third-order valence-corrected chi connectivity index (χ3v) is 4.71. The van der Waals surface area contributed by atoms with Crippen LogP contribution in [0.5, 0.6) is 0 Å². The van der Waals surface area contributed by atoms with Crippen molar-refractivity contribution >= 4 is 27.2 Å². The summed E-state index contributed by atoms with van der Waals surface area (Å²) in [7, 11) is -2.30. The van der Waals surface area contributed by atoms with Crippen LogP contribution in [0.2, 0.25) is 0 Å². The van der Waals surface area contributed by atoms with Gasteiger partial charge in [-0.3, -0.25) is 0 Å². The molecule has 100 valence electrons. The van der Waals surface area contributed by atoms with Crippen molar-refractivity contribution in [3.8, 4) is 0 Å². The van der Waals surface area contributed by atoms with Gasteiger partial charge in [-0.05, 0) is 24.6 Å². The summed E-state index contributed by atoms with van der Waals surface area (Å²) in [5.41, 5.74) is 5.83. The fourth-order valence-electron chi connectivity index (χ4n) is 1.41. The van der Waals surface area contributed by atoms with Gasteiger partial charge in [0, 0.05) is 20.0 Å². The Morgan fingerprint density at radius 2 is 2.11 bits per heavy atom. The average Bonchev–Trinajstić information content (AvgIpc) is 2.28. The standard InChI is InChI=1S/C11H15FN2O2S2/c1-8-3-4-9(12)7-10(8)18(15,16)14(2)6-5-11(13)17/h3-4,7H,5-6H2,1-2H3,(H2,13,17). The maximum atomic E-state index is 13.1. The van der Waals surface area contributed by atoms with E-state index in [-0.39, 0.29) is 16.4 Å². The Hall–Kier alpha value is -1.05. The van der Waals surface area contributed by atoms with Gasteiger partial charge in [0.25, 0.3) is 0 Å². The first-order valence-corrected chi connectivity index (χ1v) is 7.11. The highest BCUT2D eigenvalue weighted by Crippen LogP contribution is 2.20. The van der Waals surface area contributed by atoms with Crippen molar-refractivity contribution in [1.82, 2.24) is 4.31 Å². The number of thiocarbonyl (C=S) groups is 1. The van der Waals surface area contributed by atoms with E-state index in [1.165, 1.54) is 19.2 Å². The largest absolute Gasteiger partial charge is 0.393 e. The molecule has 18 heavy (non-hydrogen) atoms. The second kappa shape index (κ2) is 5.73. The normalized spacial score (nSPS) is 11.8. The minimum Gasteiger partial charge on any atom is -0.393 e. The number of nitrogens with zero attached hydrogens (tertiary/aromatic N) is 1. The van der Waals surface area contributed by atoms with Gasteiger partial charge in [-0.1, -0.05) is 18.3 Å². The van der Waals surface area contributed by atoms with Crippen LogP contribution in [-0.2, 0) is 10.0 Å². The molecule has 0 aromatic heterocycles. The lowest BCUT2D eigenvalue weighted by molar-refractivity contribution is 0.477. The Kier molecular flexibility index (Phi) is 4.78. The van der Waals surface area contributed by atoms with Crippen LogP contribution in [0, 0.1) is 12.7 Å². The quantitative estimate of drug-likeness (QED) is 0.833. The Labute approximate surface area is 112 Å². The third kappa shape index (κ3) is 3.47. The Morgan fingerprint density at radius 1 is 1.50 bits per heavy atom. The lowest BCUT2D eigenvalue weighted by Crippen LogP contribution is -2.30. The Morgan fingerprint density at radius 3 is 2.67 bits per heavy atom. The van der Waals surface area contributed by atoms with E-state index in [4.69, 9.17) is 18.0 Å². The van der Waals surface area contributed by atoms with Gasteiger partial charge in [0.15, 0.2) is 0 Å². The van der Waals surface area contributed by atoms with Crippen LogP contribution < -0.4 is 5.73 Å². The Bertz CT molecular complexity index is 558. The molecule has 1 aromatic rings. The second-order valence-corrected chi connectivity index (χ2v) is 6.49. The van der Waals surface area contributed by atoms with E-state index >= 15 is 0 Å². The molecule has 0 amide bonds. The molecule has 0 unspecified atom stereocenters. The van der Waals surface area contributed by atoms with Crippen molar-refractivity contribution in [3.63, 3.8) is 0 Å². The van der Waals surface area contributed by atoms with Gasteiger partial charge in [0.2, 0.25) is 10.0 Å². The smallest absolute Gasteiger partial charge is 0.243 e. The zero-order chi connectivity index (χ0) is 13.9. The first-order chi connectivity index (χ1) is 8.25. The highest BCUT2D eigenvalue weighted by molar-refractivity contribution is 7.89. The Balaban J connectivity index is 3.05. The summed E-state index contributed by atoms with van der Waals surface area (Å²) < 4.78 is 38.6. The first-order valence-electron chi connectivity index (χ1n) is 5.26. The summed E-state index contributed by atoms with van der Waals surface area (Å²) in [4.78, 5) is 0.209. The number of sulfonamides is 1. The molecule has 0 aliphatic carbocycles. The fourth-order valence-corrected chi connectivity index (χ4v) is 2.90. The molecule has 0 heterocycles. The van der Waals surface area contributed by atoms with Crippen LogP contribution in [0.25, 0.3) is 0 Å². The molecule has 0 saturated heterocycles. The monoisotopic (exact) mass is 290 g/mol. The van der Waals surface area contributed by atoms with Crippen LogP contribution in [0.15, 0.2) is 23.1 Å². The lowest BCUT2D eigenvalue weighted by atomic mass is 10.2. The van der Waals surface area contributed by atoms with E-state index in [9.17, 15) is 12.8 Å². The van der Waals surface area contributed by atoms with Crippen molar-refractivity contribution in [2.75, 3.05) is 13.6 Å². The molecule has 0 radical (unpaired) electrons. The minimum absolute atomic E-state index is 0.0343. The predicted molar refractivity (Wildman–Crippen MR) is 72.4 cm³/mol. The zero-order valence-corrected chi connectivity index (χ0v) is 11.8. The topological polar surface area (TPSA) is 63.4 Å². The maximum absolute atomic E-state index is 13.1. The highest BCUT2D eigenvalue weighted by atomic mass is 32.2. The predicted octanol–water partition coefficient (Wildman–Crippen LogP) is 1.43. The molecule has 0 aliphatic rings. The van der Waals surface area contributed by atoms with Crippen molar-refractivity contribution in [2.45, 2.75) is 18.2 Å². The average molecular weight is 290 g/mol. The molecule has 2 N–H and O–H groups in total. The van der Waals surface area contributed by atoms with Crippen molar-refractivity contribution in [1.29, 1.82) is 0 Å². The number of hydrogen-bond donors (Lipinski definition) is 1. The maximum Gasteiger partial charge on any atom is 0.243 e. The van der Waals surface area contributed by atoms with Crippen LogP contribution in [0.4, 0.5) is 4.39 Å². The molecule has 4 nitrogen and oxygen atoms in total. The molecular weight excluding hydrogens is 275 g/mol. The molecule has 1 aromatic carbocycles. The molecule has 0 spiro atoms. The molecular formula is C11H15FN2O2S2. The van der Waals surface area contributed by atoms with E-state index in [0.717, 1.165) is 10.4 Å². The van der Waals surface area contributed by atoms with Gasteiger partial charge >= 0.3 is 0 Å². The summed E-state index contributed by atoms with van der Waals surface area (Å²) in [6.45, 7) is 1.79.